The molecule has 2 amide bonds. The summed E-state index contributed by atoms with van der Waals surface area (Å²) < 4.78 is 6.80. The molecule has 8 heteroatoms. The van der Waals surface area contributed by atoms with Crippen LogP contribution in [0.1, 0.15) is 37.0 Å². The Morgan fingerprint density at radius 3 is 2.96 bits per heavy atom. The molecule has 3 rings (SSSR count). The summed E-state index contributed by atoms with van der Waals surface area (Å²) in [6.07, 6.45) is 7.17. The van der Waals surface area contributed by atoms with Gasteiger partial charge in [-0.15, -0.1) is 0 Å². The molecule has 0 aliphatic heterocycles. The Hall–Kier alpha value is -2.38. The summed E-state index contributed by atoms with van der Waals surface area (Å²) in [7, 11) is 1.88. The number of aryl methyl sites for hydroxylation is 2. The van der Waals surface area contributed by atoms with Crippen molar-refractivity contribution < 1.29 is 9.32 Å². The van der Waals surface area contributed by atoms with Gasteiger partial charge in [-0.25, -0.2) is 4.79 Å². The predicted molar refractivity (Wildman–Crippen MR) is 82.6 cm³/mol. The number of hydrogen-bond acceptors (Lipinski definition) is 5. The maximum absolute atomic E-state index is 12.4. The third-order valence-electron chi connectivity index (χ3n) is 3.80. The number of nitrogens with zero attached hydrogens (tertiary/aromatic N) is 5. The summed E-state index contributed by atoms with van der Waals surface area (Å²) in [4.78, 5) is 18.5. The van der Waals surface area contributed by atoms with E-state index in [0.717, 1.165) is 24.8 Å². The molecule has 0 saturated heterocycles. The van der Waals surface area contributed by atoms with Crippen molar-refractivity contribution in [3.8, 4) is 0 Å². The first-order valence-corrected chi connectivity index (χ1v) is 7.99. The van der Waals surface area contributed by atoms with Crippen LogP contribution in [0, 0.1) is 0 Å². The van der Waals surface area contributed by atoms with Gasteiger partial charge in [-0.1, -0.05) is 12.1 Å². The highest BCUT2D eigenvalue weighted by Crippen LogP contribution is 2.28. The minimum Gasteiger partial charge on any atom is -0.339 e. The minimum absolute atomic E-state index is 0.0458. The Morgan fingerprint density at radius 1 is 1.52 bits per heavy atom. The van der Waals surface area contributed by atoms with Crippen molar-refractivity contribution in [3.63, 3.8) is 0 Å². The largest absolute Gasteiger partial charge is 0.339 e. The zero-order chi connectivity index (χ0) is 16.2. The summed E-state index contributed by atoms with van der Waals surface area (Å²) in [6.45, 7) is 3.05. The quantitative estimate of drug-likeness (QED) is 0.831. The van der Waals surface area contributed by atoms with E-state index in [1.165, 1.54) is 0 Å². The van der Waals surface area contributed by atoms with Gasteiger partial charge in [-0.2, -0.15) is 10.1 Å². The second-order valence-electron chi connectivity index (χ2n) is 5.82. The molecular weight excluding hydrogens is 296 g/mol. The molecule has 2 aromatic rings. The van der Waals surface area contributed by atoms with Crippen molar-refractivity contribution in [3.05, 3.63) is 29.7 Å². The lowest BCUT2D eigenvalue weighted by atomic mass is 10.3. The first-order chi connectivity index (χ1) is 11.2. The van der Waals surface area contributed by atoms with Gasteiger partial charge >= 0.3 is 6.03 Å². The van der Waals surface area contributed by atoms with Crippen LogP contribution < -0.4 is 5.32 Å². The molecule has 0 spiro atoms. The lowest BCUT2D eigenvalue weighted by Crippen LogP contribution is -2.41. The van der Waals surface area contributed by atoms with Gasteiger partial charge in [0, 0.05) is 44.2 Å². The first kappa shape index (κ1) is 15.5. The fourth-order valence-electron chi connectivity index (χ4n) is 2.42. The predicted octanol–water partition coefficient (Wildman–Crippen LogP) is 1.28. The number of aromatic nitrogens is 4. The van der Waals surface area contributed by atoms with E-state index >= 15 is 0 Å². The number of amides is 2. The van der Waals surface area contributed by atoms with Crippen molar-refractivity contribution in [1.82, 2.24) is 30.1 Å². The van der Waals surface area contributed by atoms with Gasteiger partial charge in [-0.3, -0.25) is 4.68 Å². The van der Waals surface area contributed by atoms with Crippen molar-refractivity contribution >= 4 is 6.03 Å². The van der Waals surface area contributed by atoms with E-state index < -0.39 is 0 Å². The highest BCUT2D eigenvalue weighted by molar-refractivity contribution is 5.74. The van der Waals surface area contributed by atoms with E-state index in [-0.39, 0.29) is 6.03 Å². The van der Waals surface area contributed by atoms with Gasteiger partial charge in [-0.05, 0) is 12.8 Å². The zero-order valence-electron chi connectivity index (χ0n) is 13.5. The van der Waals surface area contributed by atoms with Gasteiger partial charge < -0.3 is 14.7 Å². The minimum atomic E-state index is -0.0458. The maximum atomic E-state index is 12.4. The SMILES string of the molecule is CCc1nc(CCNC(=O)N(Cc2cnn(C)c2)C2CC2)no1. The number of rotatable bonds is 7. The molecule has 0 bridgehead atoms. The molecule has 0 unspecified atom stereocenters. The van der Waals surface area contributed by atoms with Crippen LogP contribution in [-0.4, -0.2) is 43.4 Å². The third-order valence-corrected chi connectivity index (χ3v) is 3.80. The molecule has 0 aromatic carbocycles. The molecule has 0 radical (unpaired) electrons. The summed E-state index contributed by atoms with van der Waals surface area (Å²) in [5, 5.41) is 11.0. The molecule has 2 heterocycles. The zero-order valence-corrected chi connectivity index (χ0v) is 13.5. The van der Waals surface area contributed by atoms with Crippen LogP contribution in [0.5, 0.6) is 0 Å². The molecule has 1 saturated carbocycles. The molecule has 1 N–H and O–H groups in total. The Balaban J connectivity index is 1.50. The lowest BCUT2D eigenvalue weighted by molar-refractivity contribution is 0.192. The normalized spacial score (nSPS) is 14.0. The molecule has 1 aliphatic carbocycles. The highest BCUT2D eigenvalue weighted by Gasteiger charge is 2.32. The molecule has 0 atom stereocenters. The molecule has 8 nitrogen and oxygen atoms in total. The van der Waals surface area contributed by atoms with Crippen LogP contribution in [0.3, 0.4) is 0 Å². The van der Waals surface area contributed by atoms with Gasteiger partial charge in [0.15, 0.2) is 5.82 Å². The first-order valence-electron chi connectivity index (χ1n) is 7.99. The van der Waals surface area contributed by atoms with Gasteiger partial charge in [0.2, 0.25) is 5.89 Å². The Kier molecular flexibility index (Phi) is 4.59. The Labute approximate surface area is 134 Å². The van der Waals surface area contributed by atoms with Crippen molar-refractivity contribution in [2.45, 2.75) is 45.2 Å². The summed E-state index contributed by atoms with van der Waals surface area (Å²) >= 11 is 0. The standard InChI is InChI=1S/C15H22N6O2/c1-3-14-18-13(19-23-14)6-7-16-15(22)21(12-4-5-12)10-11-8-17-20(2)9-11/h8-9,12H,3-7,10H2,1-2H3,(H,16,22). The van der Waals surface area contributed by atoms with E-state index in [9.17, 15) is 4.79 Å². The topological polar surface area (TPSA) is 89.1 Å². The molecule has 1 aliphatic rings. The number of carbonyl (C=O) groups is 1. The Morgan fingerprint density at radius 2 is 2.35 bits per heavy atom. The van der Waals surface area contributed by atoms with E-state index in [1.807, 2.05) is 25.1 Å². The van der Waals surface area contributed by atoms with Crippen LogP contribution in [0.2, 0.25) is 0 Å². The van der Waals surface area contributed by atoms with E-state index in [4.69, 9.17) is 4.52 Å². The number of hydrogen-bond donors (Lipinski definition) is 1. The van der Waals surface area contributed by atoms with Crippen LogP contribution in [0.15, 0.2) is 16.9 Å². The van der Waals surface area contributed by atoms with Crippen LogP contribution in [0.4, 0.5) is 4.79 Å². The van der Waals surface area contributed by atoms with Crippen LogP contribution in [-0.2, 0) is 26.4 Å². The highest BCUT2D eigenvalue weighted by atomic mass is 16.5. The van der Waals surface area contributed by atoms with E-state index in [0.29, 0.717) is 37.3 Å². The number of carbonyl (C=O) groups excluding carboxylic acids is 1. The average Bonchev–Trinajstić information content (AvgIpc) is 3.13. The van der Waals surface area contributed by atoms with Gasteiger partial charge in [0.1, 0.15) is 0 Å². The van der Waals surface area contributed by atoms with Crippen LogP contribution in [0.25, 0.3) is 0 Å². The molecule has 1 fully saturated rings. The molecule has 124 valence electrons. The van der Waals surface area contributed by atoms with Gasteiger partial charge in [0.05, 0.1) is 12.7 Å². The average molecular weight is 318 g/mol. The fourth-order valence-corrected chi connectivity index (χ4v) is 2.42. The third kappa shape index (κ3) is 4.08. The summed E-state index contributed by atoms with van der Waals surface area (Å²) in [5.41, 5.74) is 1.04. The molecular formula is C15H22N6O2. The molecule has 23 heavy (non-hydrogen) atoms. The maximum Gasteiger partial charge on any atom is 0.317 e. The van der Waals surface area contributed by atoms with Crippen molar-refractivity contribution in [2.24, 2.45) is 7.05 Å². The summed E-state index contributed by atoms with van der Waals surface area (Å²) in [5.74, 6) is 1.26. The Bertz CT molecular complexity index is 660. The van der Waals surface area contributed by atoms with Crippen molar-refractivity contribution in [1.29, 1.82) is 0 Å². The van der Waals surface area contributed by atoms with E-state index in [1.54, 1.807) is 10.9 Å². The second kappa shape index (κ2) is 6.80. The number of nitrogens with one attached hydrogen (secondary N) is 1. The monoisotopic (exact) mass is 318 g/mol. The number of urea groups is 1. The van der Waals surface area contributed by atoms with E-state index in [2.05, 4.69) is 20.6 Å². The second-order valence-corrected chi connectivity index (χ2v) is 5.82. The molecule has 2 aromatic heterocycles. The lowest BCUT2D eigenvalue weighted by Gasteiger charge is -2.22. The van der Waals surface area contributed by atoms with Gasteiger partial charge in [0.25, 0.3) is 0 Å². The summed E-state index contributed by atoms with van der Waals surface area (Å²) in [6, 6.07) is 0.294. The smallest absolute Gasteiger partial charge is 0.317 e. The van der Waals surface area contributed by atoms with Crippen molar-refractivity contribution in [2.75, 3.05) is 6.54 Å². The fraction of sp³-hybridized carbons (Fsp3) is 0.600. The van der Waals surface area contributed by atoms with Crippen LogP contribution >= 0.6 is 0 Å².